The lowest BCUT2D eigenvalue weighted by atomic mass is 9.81. The third-order valence-electron chi connectivity index (χ3n) is 4.05. The second kappa shape index (κ2) is 11.9. The van der Waals surface area contributed by atoms with Gasteiger partial charge in [0.25, 0.3) is 0 Å². The summed E-state index contributed by atoms with van der Waals surface area (Å²) in [5.41, 5.74) is 0. The molecule has 0 saturated carbocycles. The van der Waals surface area contributed by atoms with E-state index in [1.165, 1.54) is 0 Å². The molecule has 0 aliphatic rings. The molecule has 0 bridgehead atoms. The second-order valence-corrected chi connectivity index (χ2v) is 6.91. The average Bonchev–Trinajstić information content (AvgIpc) is 2.57. The van der Waals surface area contributed by atoms with Crippen LogP contribution >= 0.6 is 0 Å². The van der Waals surface area contributed by atoms with Crippen LogP contribution < -0.4 is 0 Å². The van der Waals surface area contributed by atoms with Crippen molar-refractivity contribution in [1.29, 1.82) is 26.3 Å². The zero-order chi connectivity index (χ0) is 18.5. The van der Waals surface area contributed by atoms with E-state index in [2.05, 4.69) is 30.3 Å². The second-order valence-electron chi connectivity index (χ2n) is 6.91. The summed E-state index contributed by atoms with van der Waals surface area (Å²) in [4.78, 5) is 0. The SMILES string of the molecule is CC(C)CC(C#N)CC(C#N)CC(C#N)CC(C#N)CC(C)C#N. The van der Waals surface area contributed by atoms with Crippen molar-refractivity contribution < 1.29 is 0 Å². The largest absolute Gasteiger partial charge is 0.198 e. The van der Waals surface area contributed by atoms with Crippen molar-refractivity contribution in [2.24, 2.45) is 35.5 Å². The Bertz CT molecular complexity index is 575. The maximum absolute atomic E-state index is 9.35. The van der Waals surface area contributed by atoms with Crippen LogP contribution in [0.25, 0.3) is 0 Å². The standard InChI is InChI=1S/C19H25N5/c1-14(2)4-16(10-21)6-18(12-23)8-19(13-24)7-17(11-22)5-15(3)9-20/h14-19H,4-8H2,1-3H3. The van der Waals surface area contributed by atoms with E-state index in [1.54, 1.807) is 6.92 Å². The highest BCUT2D eigenvalue weighted by atomic mass is 14.4. The summed E-state index contributed by atoms with van der Waals surface area (Å²) in [5, 5.41) is 46.0. The Morgan fingerprint density at radius 3 is 1.12 bits per heavy atom. The van der Waals surface area contributed by atoms with Gasteiger partial charge in [-0.05, 0) is 44.9 Å². The number of hydrogen-bond donors (Lipinski definition) is 0. The van der Waals surface area contributed by atoms with Crippen molar-refractivity contribution in [2.75, 3.05) is 0 Å². The van der Waals surface area contributed by atoms with Crippen LogP contribution in [0, 0.1) is 92.2 Å². The molecule has 0 fully saturated rings. The van der Waals surface area contributed by atoms with E-state index in [0.29, 0.717) is 31.6 Å². The topological polar surface area (TPSA) is 119 Å². The lowest BCUT2D eigenvalue weighted by Crippen LogP contribution is -2.15. The van der Waals surface area contributed by atoms with Crippen LogP contribution in [-0.4, -0.2) is 0 Å². The van der Waals surface area contributed by atoms with E-state index in [4.69, 9.17) is 5.26 Å². The Morgan fingerprint density at radius 1 is 0.500 bits per heavy atom. The Hall–Kier alpha value is -2.55. The molecule has 24 heavy (non-hydrogen) atoms. The highest BCUT2D eigenvalue weighted by Crippen LogP contribution is 2.28. The minimum Gasteiger partial charge on any atom is -0.198 e. The Labute approximate surface area is 145 Å². The highest BCUT2D eigenvalue weighted by Gasteiger charge is 2.24. The van der Waals surface area contributed by atoms with Crippen molar-refractivity contribution in [3.8, 4) is 30.3 Å². The number of nitrogens with zero attached hydrogens (tertiary/aromatic N) is 5. The highest BCUT2D eigenvalue weighted by molar-refractivity contribution is 4.99. The minimum atomic E-state index is -0.399. The first-order chi connectivity index (χ1) is 11.4. The molecule has 0 aliphatic carbocycles. The van der Waals surface area contributed by atoms with Crippen molar-refractivity contribution >= 4 is 0 Å². The lowest BCUT2D eigenvalue weighted by Gasteiger charge is -2.19. The van der Waals surface area contributed by atoms with Crippen LogP contribution in [0.2, 0.25) is 0 Å². The summed E-state index contributed by atoms with van der Waals surface area (Å²) in [5.74, 6) is -1.13. The molecule has 0 aromatic heterocycles. The maximum atomic E-state index is 9.35. The van der Waals surface area contributed by atoms with E-state index >= 15 is 0 Å². The molecular weight excluding hydrogens is 298 g/mol. The molecule has 0 rings (SSSR count). The monoisotopic (exact) mass is 323 g/mol. The van der Waals surface area contributed by atoms with Gasteiger partial charge in [-0.25, -0.2) is 0 Å². The first-order valence-corrected chi connectivity index (χ1v) is 8.38. The van der Waals surface area contributed by atoms with Gasteiger partial charge < -0.3 is 0 Å². The molecule has 5 unspecified atom stereocenters. The molecule has 126 valence electrons. The molecule has 0 radical (unpaired) electrons. The van der Waals surface area contributed by atoms with Gasteiger partial charge in [-0.3, -0.25) is 0 Å². The van der Waals surface area contributed by atoms with E-state index in [1.807, 2.05) is 13.8 Å². The molecule has 0 amide bonds. The van der Waals surface area contributed by atoms with Crippen LogP contribution in [0.1, 0.15) is 52.9 Å². The summed E-state index contributed by atoms with van der Waals surface area (Å²) in [6.07, 6.45) is 2.40. The predicted octanol–water partition coefficient (Wildman–Crippen LogP) is 4.31. The fraction of sp³-hybridized carbons (Fsp3) is 0.737. The number of nitriles is 5. The molecule has 0 saturated heterocycles. The summed E-state index contributed by atoms with van der Waals surface area (Å²) in [6.45, 7) is 5.84. The van der Waals surface area contributed by atoms with Gasteiger partial charge in [-0.2, -0.15) is 26.3 Å². The fourth-order valence-corrected chi connectivity index (χ4v) is 2.89. The van der Waals surface area contributed by atoms with E-state index in [9.17, 15) is 21.0 Å². The zero-order valence-electron chi connectivity index (χ0n) is 14.7. The molecule has 0 aromatic carbocycles. The summed E-state index contributed by atoms with van der Waals surface area (Å²) in [7, 11) is 0. The van der Waals surface area contributed by atoms with Gasteiger partial charge in [0.1, 0.15) is 0 Å². The van der Waals surface area contributed by atoms with Crippen molar-refractivity contribution in [3.63, 3.8) is 0 Å². The minimum absolute atomic E-state index is 0.181. The van der Waals surface area contributed by atoms with Gasteiger partial charge in [0.15, 0.2) is 0 Å². The number of rotatable bonds is 10. The smallest absolute Gasteiger partial charge is 0.0656 e. The van der Waals surface area contributed by atoms with Gasteiger partial charge in [0.05, 0.1) is 30.3 Å². The van der Waals surface area contributed by atoms with E-state index in [0.717, 1.165) is 6.42 Å². The molecule has 0 heterocycles. The molecule has 5 heteroatoms. The van der Waals surface area contributed by atoms with Gasteiger partial charge in [-0.1, -0.05) is 13.8 Å². The Morgan fingerprint density at radius 2 is 0.833 bits per heavy atom. The maximum Gasteiger partial charge on any atom is 0.0656 e. The molecule has 5 atom stereocenters. The molecule has 0 N–H and O–H groups in total. The lowest BCUT2D eigenvalue weighted by molar-refractivity contribution is 0.352. The average molecular weight is 323 g/mol. The molecule has 5 nitrogen and oxygen atoms in total. The van der Waals surface area contributed by atoms with Gasteiger partial charge in [-0.15, -0.1) is 0 Å². The van der Waals surface area contributed by atoms with Gasteiger partial charge in [0, 0.05) is 29.6 Å². The quantitative estimate of drug-likeness (QED) is 0.593. The van der Waals surface area contributed by atoms with Crippen LogP contribution in [0.15, 0.2) is 0 Å². The summed E-state index contributed by atoms with van der Waals surface area (Å²) >= 11 is 0. The van der Waals surface area contributed by atoms with E-state index in [-0.39, 0.29) is 23.7 Å². The van der Waals surface area contributed by atoms with Crippen molar-refractivity contribution in [2.45, 2.75) is 52.9 Å². The molecule has 0 aromatic rings. The van der Waals surface area contributed by atoms with E-state index < -0.39 is 5.92 Å². The Kier molecular flexibility index (Phi) is 10.7. The van der Waals surface area contributed by atoms with Gasteiger partial charge in [0.2, 0.25) is 0 Å². The zero-order valence-corrected chi connectivity index (χ0v) is 14.7. The van der Waals surface area contributed by atoms with Crippen LogP contribution in [0.4, 0.5) is 0 Å². The van der Waals surface area contributed by atoms with Gasteiger partial charge >= 0.3 is 0 Å². The summed E-state index contributed by atoms with van der Waals surface area (Å²) < 4.78 is 0. The molecular formula is C19H25N5. The third-order valence-corrected chi connectivity index (χ3v) is 4.05. The summed E-state index contributed by atoms with van der Waals surface area (Å²) in [6, 6.07) is 10.9. The number of hydrogen-bond acceptors (Lipinski definition) is 5. The Balaban J connectivity index is 4.75. The van der Waals surface area contributed by atoms with Crippen LogP contribution in [-0.2, 0) is 0 Å². The van der Waals surface area contributed by atoms with Crippen LogP contribution in [0.3, 0.4) is 0 Å². The predicted molar refractivity (Wildman–Crippen MR) is 89.1 cm³/mol. The van der Waals surface area contributed by atoms with Crippen molar-refractivity contribution in [1.82, 2.24) is 0 Å². The normalized spacial score (nSPS) is 16.3. The van der Waals surface area contributed by atoms with Crippen LogP contribution in [0.5, 0.6) is 0 Å². The molecule has 0 aliphatic heterocycles. The van der Waals surface area contributed by atoms with Crippen molar-refractivity contribution in [3.05, 3.63) is 0 Å². The fourth-order valence-electron chi connectivity index (χ4n) is 2.89. The first kappa shape index (κ1) is 21.4. The third kappa shape index (κ3) is 8.79. The first-order valence-electron chi connectivity index (χ1n) is 8.38. The molecule has 0 spiro atoms.